The fourth-order valence-electron chi connectivity index (χ4n) is 1.28. The third-order valence-corrected chi connectivity index (χ3v) is 4.59. The van der Waals surface area contributed by atoms with Crippen LogP contribution in [0, 0.1) is 5.41 Å². The topological polar surface area (TPSA) is 71.4 Å². The molecule has 0 unspecified atom stereocenters. The van der Waals surface area contributed by atoms with Crippen LogP contribution in [-0.4, -0.2) is 25.2 Å². The Morgan fingerprint density at radius 2 is 2.00 bits per heavy atom. The first-order chi connectivity index (χ1) is 7.65. The van der Waals surface area contributed by atoms with Gasteiger partial charge in [0.1, 0.15) is 0 Å². The van der Waals surface area contributed by atoms with E-state index in [0.717, 1.165) is 0 Å². The first-order valence-corrected chi connectivity index (χ1v) is 6.90. The minimum Gasteiger partial charge on any atom is -0.481 e. The summed E-state index contributed by atoms with van der Waals surface area (Å²) in [6, 6.07) is 5.79. The Balaban J connectivity index is 3.10. The van der Waals surface area contributed by atoms with Crippen molar-refractivity contribution < 1.29 is 18.3 Å². The molecule has 0 atom stereocenters. The van der Waals surface area contributed by atoms with Crippen molar-refractivity contribution >= 4 is 27.4 Å². The number of hydrogen-bond donors (Lipinski definition) is 1. The van der Waals surface area contributed by atoms with Crippen molar-refractivity contribution in [2.75, 3.05) is 5.75 Å². The Hall–Kier alpha value is -1.07. The zero-order valence-corrected chi connectivity index (χ0v) is 11.0. The number of sulfone groups is 1. The van der Waals surface area contributed by atoms with Crippen LogP contribution >= 0.6 is 11.6 Å². The van der Waals surface area contributed by atoms with Crippen molar-refractivity contribution in [1.29, 1.82) is 0 Å². The van der Waals surface area contributed by atoms with Gasteiger partial charge in [0, 0.05) is 5.02 Å². The van der Waals surface area contributed by atoms with Crippen LogP contribution in [0.5, 0.6) is 0 Å². The van der Waals surface area contributed by atoms with E-state index < -0.39 is 27.0 Å². The number of carboxylic acid groups (broad SMARTS) is 1. The van der Waals surface area contributed by atoms with Gasteiger partial charge in [-0.1, -0.05) is 17.7 Å². The van der Waals surface area contributed by atoms with E-state index in [9.17, 15) is 13.2 Å². The fourth-order valence-corrected chi connectivity index (χ4v) is 3.37. The lowest BCUT2D eigenvalue weighted by atomic mass is 9.97. The summed E-state index contributed by atoms with van der Waals surface area (Å²) in [6.07, 6.45) is 0. The Labute approximate surface area is 105 Å². The van der Waals surface area contributed by atoms with Crippen LogP contribution in [0.4, 0.5) is 0 Å². The molecule has 0 spiro atoms. The minimum atomic E-state index is -3.65. The molecule has 94 valence electrons. The zero-order chi connectivity index (χ0) is 13.3. The van der Waals surface area contributed by atoms with Gasteiger partial charge in [0.2, 0.25) is 0 Å². The van der Waals surface area contributed by atoms with Gasteiger partial charge in [0.15, 0.2) is 9.84 Å². The number of carbonyl (C=O) groups is 1. The lowest BCUT2D eigenvalue weighted by Gasteiger charge is -2.18. The average Bonchev–Trinajstić information content (AvgIpc) is 2.15. The van der Waals surface area contributed by atoms with Crippen LogP contribution in [0.1, 0.15) is 13.8 Å². The Morgan fingerprint density at radius 3 is 2.47 bits per heavy atom. The summed E-state index contributed by atoms with van der Waals surface area (Å²) < 4.78 is 24.0. The largest absolute Gasteiger partial charge is 0.481 e. The molecule has 0 bridgehead atoms. The molecule has 1 rings (SSSR count). The third kappa shape index (κ3) is 3.44. The number of halogens is 1. The molecule has 0 heterocycles. The smallest absolute Gasteiger partial charge is 0.310 e. The summed E-state index contributed by atoms with van der Waals surface area (Å²) in [7, 11) is -3.65. The third-order valence-electron chi connectivity index (χ3n) is 2.29. The summed E-state index contributed by atoms with van der Waals surface area (Å²) in [4.78, 5) is 10.9. The minimum absolute atomic E-state index is 0.0410. The van der Waals surface area contributed by atoms with E-state index in [4.69, 9.17) is 16.7 Å². The quantitative estimate of drug-likeness (QED) is 0.915. The van der Waals surface area contributed by atoms with E-state index in [1.54, 1.807) is 6.07 Å². The number of aliphatic carboxylic acids is 1. The van der Waals surface area contributed by atoms with Gasteiger partial charge >= 0.3 is 5.97 Å². The highest BCUT2D eigenvalue weighted by Crippen LogP contribution is 2.24. The summed E-state index contributed by atoms with van der Waals surface area (Å²) in [5.74, 6) is -1.61. The summed E-state index contributed by atoms with van der Waals surface area (Å²) in [5.41, 5.74) is -1.33. The Bertz CT molecular complexity index is 534. The molecule has 1 aromatic carbocycles. The molecule has 0 saturated heterocycles. The van der Waals surface area contributed by atoms with Crippen molar-refractivity contribution in [2.24, 2.45) is 5.41 Å². The predicted molar refractivity (Wildman–Crippen MR) is 64.9 cm³/mol. The fraction of sp³-hybridized carbons (Fsp3) is 0.364. The molecular formula is C11H13ClO4S. The molecule has 4 nitrogen and oxygen atoms in total. The number of benzene rings is 1. The van der Waals surface area contributed by atoms with E-state index in [1.807, 2.05) is 0 Å². The van der Waals surface area contributed by atoms with Crippen LogP contribution in [0.15, 0.2) is 29.2 Å². The molecule has 0 aliphatic carbocycles. The van der Waals surface area contributed by atoms with Crippen molar-refractivity contribution in [3.63, 3.8) is 0 Å². The summed E-state index contributed by atoms with van der Waals surface area (Å²) in [6.45, 7) is 2.74. The van der Waals surface area contributed by atoms with Gasteiger partial charge in [-0.05, 0) is 32.0 Å². The normalized spacial score (nSPS) is 12.4. The SMILES string of the molecule is CC(C)(CS(=O)(=O)c1cccc(Cl)c1)C(=O)O. The van der Waals surface area contributed by atoms with Crippen LogP contribution < -0.4 is 0 Å². The standard InChI is InChI=1S/C11H13ClO4S/c1-11(2,10(13)14)7-17(15,16)9-5-3-4-8(12)6-9/h3-6H,7H2,1-2H3,(H,13,14). The van der Waals surface area contributed by atoms with Gasteiger partial charge in [-0.3, -0.25) is 4.79 Å². The highest BCUT2D eigenvalue weighted by Gasteiger charge is 2.34. The van der Waals surface area contributed by atoms with Crippen molar-refractivity contribution in [1.82, 2.24) is 0 Å². The highest BCUT2D eigenvalue weighted by atomic mass is 35.5. The van der Waals surface area contributed by atoms with Crippen molar-refractivity contribution in [2.45, 2.75) is 18.7 Å². The monoisotopic (exact) mass is 276 g/mol. The van der Waals surface area contributed by atoms with E-state index in [-0.39, 0.29) is 4.90 Å². The molecule has 1 aromatic rings. The van der Waals surface area contributed by atoms with Crippen molar-refractivity contribution in [3.8, 4) is 0 Å². The molecule has 6 heteroatoms. The lowest BCUT2D eigenvalue weighted by molar-refractivity contribution is -0.145. The highest BCUT2D eigenvalue weighted by molar-refractivity contribution is 7.91. The van der Waals surface area contributed by atoms with Crippen LogP contribution in [0.3, 0.4) is 0 Å². The molecule has 0 amide bonds. The van der Waals surface area contributed by atoms with Gasteiger partial charge in [0.25, 0.3) is 0 Å². The van der Waals surface area contributed by atoms with Crippen LogP contribution in [0.25, 0.3) is 0 Å². The van der Waals surface area contributed by atoms with E-state index in [2.05, 4.69) is 0 Å². The molecule has 0 radical (unpaired) electrons. The first-order valence-electron chi connectivity index (χ1n) is 4.87. The second-order valence-electron chi connectivity index (χ2n) is 4.41. The summed E-state index contributed by atoms with van der Waals surface area (Å²) in [5, 5.41) is 9.22. The molecule has 0 aliphatic rings. The maximum absolute atomic E-state index is 12.0. The molecule has 0 fully saturated rings. The molecule has 0 aromatic heterocycles. The maximum Gasteiger partial charge on any atom is 0.310 e. The second-order valence-corrected chi connectivity index (χ2v) is 6.83. The van der Waals surface area contributed by atoms with Gasteiger partial charge in [-0.15, -0.1) is 0 Å². The second kappa shape index (κ2) is 4.66. The van der Waals surface area contributed by atoms with Gasteiger partial charge in [0.05, 0.1) is 16.1 Å². The Morgan fingerprint density at radius 1 is 1.41 bits per heavy atom. The zero-order valence-electron chi connectivity index (χ0n) is 9.47. The lowest BCUT2D eigenvalue weighted by Crippen LogP contribution is -2.32. The van der Waals surface area contributed by atoms with E-state index in [1.165, 1.54) is 32.0 Å². The van der Waals surface area contributed by atoms with Crippen molar-refractivity contribution in [3.05, 3.63) is 29.3 Å². The summed E-state index contributed by atoms with van der Waals surface area (Å²) >= 11 is 5.70. The number of carboxylic acids is 1. The number of rotatable bonds is 4. The molecular weight excluding hydrogens is 264 g/mol. The van der Waals surface area contributed by atoms with E-state index >= 15 is 0 Å². The molecule has 17 heavy (non-hydrogen) atoms. The average molecular weight is 277 g/mol. The molecule has 1 N–H and O–H groups in total. The van der Waals surface area contributed by atoms with E-state index in [0.29, 0.717) is 5.02 Å². The van der Waals surface area contributed by atoms with Gasteiger partial charge in [-0.25, -0.2) is 8.42 Å². The van der Waals surface area contributed by atoms with Gasteiger partial charge < -0.3 is 5.11 Å². The number of hydrogen-bond acceptors (Lipinski definition) is 3. The van der Waals surface area contributed by atoms with Crippen LogP contribution in [-0.2, 0) is 14.6 Å². The van der Waals surface area contributed by atoms with Gasteiger partial charge in [-0.2, -0.15) is 0 Å². The predicted octanol–water partition coefficient (Wildman–Crippen LogP) is 2.22. The Kier molecular flexibility index (Phi) is 3.84. The van der Waals surface area contributed by atoms with Crippen LogP contribution in [0.2, 0.25) is 5.02 Å². The molecule has 0 aliphatic heterocycles. The molecule has 0 saturated carbocycles. The first kappa shape index (κ1) is 14.0. The maximum atomic E-state index is 12.0.